The number of hydrogen-bond acceptors (Lipinski definition) is 6. The third-order valence-corrected chi connectivity index (χ3v) is 5.93. The largest absolute Gasteiger partial charge is 0.454 e. The van der Waals surface area contributed by atoms with Gasteiger partial charge in [-0.25, -0.2) is 4.79 Å². The van der Waals surface area contributed by atoms with Gasteiger partial charge in [0.05, 0.1) is 5.69 Å². The molecule has 1 atom stereocenters. The van der Waals surface area contributed by atoms with Gasteiger partial charge < -0.3 is 19.1 Å². The van der Waals surface area contributed by atoms with Gasteiger partial charge in [0.1, 0.15) is 0 Å². The van der Waals surface area contributed by atoms with Crippen LogP contribution in [0, 0.1) is 0 Å². The van der Waals surface area contributed by atoms with Crippen molar-refractivity contribution in [2.75, 3.05) is 24.8 Å². The van der Waals surface area contributed by atoms with Gasteiger partial charge in [-0.15, -0.1) is 11.8 Å². The van der Waals surface area contributed by atoms with Crippen LogP contribution in [0.5, 0.6) is 11.5 Å². The van der Waals surface area contributed by atoms with Gasteiger partial charge in [0.2, 0.25) is 6.79 Å². The number of thioether (sulfide) groups is 1. The van der Waals surface area contributed by atoms with Crippen LogP contribution in [0.25, 0.3) is 6.08 Å². The zero-order valence-corrected chi connectivity index (χ0v) is 16.8. The van der Waals surface area contributed by atoms with Crippen LogP contribution >= 0.6 is 11.8 Å². The van der Waals surface area contributed by atoms with Crippen molar-refractivity contribution in [3.63, 3.8) is 0 Å². The Morgan fingerprint density at radius 2 is 2.03 bits per heavy atom. The maximum Gasteiger partial charge on any atom is 0.331 e. The average Bonchev–Trinajstić information content (AvgIpc) is 3.12. The van der Waals surface area contributed by atoms with Crippen LogP contribution in [-0.2, 0) is 14.3 Å². The molecule has 2 aromatic carbocycles. The molecule has 0 aliphatic carbocycles. The Bertz CT molecular complexity index is 958. The van der Waals surface area contributed by atoms with E-state index in [-0.39, 0.29) is 19.3 Å². The molecule has 2 aliphatic rings. The minimum Gasteiger partial charge on any atom is -0.454 e. The lowest BCUT2D eigenvalue weighted by Crippen LogP contribution is -2.35. The lowest BCUT2D eigenvalue weighted by molar-refractivity contribution is -0.142. The first-order chi connectivity index (χ1) is 14.1. The standard InChI is InChI=1S/C22H21NO5S/c1-15-10-11-23(17-4-2-3-5-20(17)29-15)21(24)13-26-22(25)9-7-16-6-8-18-19(12-16)28-14-27-18/h2-9,12,15H,10-11,13-14H2,1H3/b9-7-/t15-/m1/s1. The summed E-state index contributed by atoms with van der Waals surface area (Å²) in [4.78, 5) is 27.6. The quantitative estimate of drug-likeness (QED) is 0.562. The van der Waals surface area contributed by atoms with Crippen molar-refractivity contribution in [3.8, 4) is 11.5 Å². The van der Waals surface area contributed by atoms with Gasteiger partial charge in [0.25, 0.3) is 5.91 Å². The Balaban J connectivity index is 1.36. The molecule has 4 rings (SSSR count). The van der Waals surface area contributed by atoms with Gasteiger partial charge in [0, 0.05) is 22.8 Å². The Hall–Kier alpha value is -2.93. The SMILES string of the molecule is C[C@@H]1CCN(C(=O)COC(=O)/C=C\c2ccc3c(c2)OCO3)c2ccccc2S1. The van der Waals surface area contributed by atoms with E-state index in [0.29, 0.717) is 23.3 Å². The molecule has 2 aromatic rings. The van der Waals surface area contributed by atoms with E-state index in [2.05, 4.69) is 6.92 Å². The van der Waals surface area contributed by atoms with Crippen molar-refractivity contribution < 1.29 is 23.8 Å². The molecule has 0 bridgehead atoms. The summed E-state index contributed by atoms with van der Waals surface area (Å²) in [5.41, 5.74) is 1.66. The maximum absolute atomic E-state index is 12.7. The number of rotatable bonds is 4. The van der Waals surface area contributed by atoms with E-state index in [1.807, 2.05) is 30.3 Å². The fourth-order valence-corrected chi connectivity index (χ4v) is 4.30. The second kappa shape index (κ2) is 8.61. The number of amides is 1. The molecule has 0 aromatic heterocycles. The summed E-state index contributed by atoms with van der Waals surface area (Å²) >= 11 is 1.76. The number of nitrogens with zero attached hydrogens (tertiary/aromatic N) is 1. The van der Waals surface area contributed by atoms with Crippen molar-refractivity contribution in [3.05, 3.63) is 54.1 Å². The molecule has 0 N–H and O–H groups in total. The lowest BCUT2D eigenvalue weighted by Gasteiger charge is -2.22. The van der Waals surface area contributed by atoms with Gasteiger partial charge in [-0.05, 0) is 42.3 Å². The molecule has 0 saturated carbocycles. The Kier molecular flexibility index (Phi) is 5.76. The number of esters is 1. The number of carbonyl (C=O) groups is 2. The van der Waals surface area contributed by atoms with Gasteiger partial charge in [-0.1, -0.05) is 25.1 Å². The van der Waals surface area contributed by atoms with Crippen molar-refractivity contribution in [1.82, 2.24) is 0 Å². The highest BCUT2D eigenvalue weighted by atomic mass is 32.2. The Morgan fingerprint density at radius 3 is 2.93 bits per heavy atom. The summed E-state index contributed by atoms with van der Waals surface area (Å²) < 4.78 is 15.7. The van der Waals surface area contributed by atoms with Gasteiger partial charge in [-0.2, -0.15) is 0 Å². The van der Waals surface area contributed by atoms with Crippen LogP contribution in [-0.4, -0.2) is 37.1 Å². The third kappa shape index (κ3) is 4.56. The topological polar surface area (TPSA) is 65.1 Å². The minimum atomic E-state index is -0.568. The first-order valence-electron chi connectivity index (χ1n) is 9.41. The summed E-state index contributed by atoms with van der Waals surface area (Å²) in [6.07, 6.45) is 3.80. The maximum atomic E-state index is 12.7. The van der Waals surface area contributed by atoms with Crippen LogP contribution in [0.4, 0.5) is 5.69 Å². The van der Waals surface area contributed by atoms with Gasteiger partial charge in [0.15, 0.2) is 18.1 Å². The van der Waals surface area contributed by atoms with E-state index in [4.69, 9.17) is 14.2 Å². The van der Waals surface area contributed by atoms with Crippen molar-refractivity contribution >= 4 is 35.4 Å². The molecule has 1 amide bonds. The number of fused-ring (bicyclic) bond motifs is 2. The van der Waals surface area contributed by atoms with Crippen LogP contribution in [0.1, 0.15) is 18.9 Å². The molecule has 150 valence electrons. The highest BCUT2D eigenvalue weighted by Crippen LogP contribution is 2.37. The van der Waals surface area contributed by atoms with Gasteiger partial charge in [-0.3, -0.25) is 4.79 Å². The number of hydrogen-bond donors (Lipinski definition) is 0. The first-order valence-corrected chi connectivity index (χ1v) is 10.3. The second-order valence-electron chi connectivity index (χ2n) is 6.78. The molecule has 0 saturated heterocycles. The third-order valence-electron chi connectivity index (χ3n) is 4.69. The Labute approximate surface area is 173 Å². The van der Waals surface area contributed by atoms with Gasteiger partial charge >= 0.3 is 5.97 Å². The molecular weight excluding hydrogens is 390 g/mol. The number of carbonyl (C=O) groups excluding carboxylic acids is 2. The fraction of sp³-hybridized carbons (Fsp3) is 0.273. The van der Waals surface area contributed by atoms with E-state index in [1.54, 1.807) is 34.9 Å². The van der Waals surface area contributed by atoms with Crippen LogP contribution in [0.3, 0.4) is 0 Å². The molecule has 0 fully saturated rings. The summed E-state index contributed by atoms with van der Waals surface area (Å²) in [5.74, 6) is 0.530. The van der Waals surface area contributed by atoms with E-state index >= 15 is 0 Å². The fourth-order valence-electron chi connectivity index (χ4n) is 3.19. The molecule has 0 spiro atoms. The highest BCUT2D eigenvalue weighted by Gasteiger charge is 2.24. The predicted octanol–water partition coefficient (Wildman–Crippen LogP) is 3.89. The van der Waals surface area contributed by atoms with Crippen LogP contribution in [0.15, 0.2) is 53.4 Å². The molecular formula is C22H21NO5S. The van der Waals surface area contributed by atoms with E-state index in [0.717, 1.165) is 22.6 Å². The monoisotopic (exact) mass is 411 g/mol. The zero-order valence-electron chi connectivity index (χ0n) is 16.0. The average molecular weight is 411 g/mol. The summed E-state index contributed by atoms with van der Waals surface area (Å²) in [6, 6.07) is 13.2. The molecule has 29 heavy (non-hydrogen) atoms. The molecule has 2 heterocycles. The van der Waals surface area contributed by atoms with E-state index in [9.17, 15) is 9.59 Å². The normalized spacial score (nSPS) is 17.7. The highest BCUT2D eigenvalue weighted by molar-refractivity contribution is 8.00. The Morgan fingerprint density at radius 1 is 1.21 bits per heavy atom. The van der Waals surface area contributed by atoms with E-state index < -0.39 is 5.97 Å². The molecule has 0 radical (unpaired) electrons. The second-order valence-corrected chi connectivity index (χ2v) is 8.26. The lowest BCUT2D eigenvalue weighted by atomic mass is 10.2. The number of ether oxygens (including phenoxy) is 3. The van der Waals surface area contributed by atoms with Crippen LogP contribution in [0.2, 0.25) is 0 Å². The smallest absolute Gasteiger partial charge is 0.331 e. The summed E-state index contributed by atoms with van der Waals surface area (Å²) in [5, 5.41) is 0.418. The summed E-state index contributed by atoms with van der Waals surface area (Å²) in [7, 11) is 0. The zero-order chi connectivity index (χ0) is 20.2. The number of benzene rings is 2. The molecule has 7 heteroatoms. The first kappa shape index (κ1) is 19.4. The molecule has 6 nitrogen and oxygen atoms in total. The molecule has 2 aliphatic heterocycles. The number of anilines is 1. The number of para-hydroxylation sites is 1. The van der Waals surface area contributed by atoms with Crippen LogP contribution < -0.4 is 14.4 Å². The van der Waals surface area contributed by atoms with Crippen molar-refractivity contribution in [1.29, 1.82) is 0 Å². The summed E-state index contributed by atoms with van der Waals surface area (Å²) in [6.45, 7) is 2.66. The predicted molar refractivity (Wildman–Crippen MR) is 111 cm³/mol. The molecule has 0 unspecified atom stereocenters. The minimum absolute atomic E-state index is 0.198. The van der Waals surface area contributed by atoms with Crippen molar-refractivity contribution in [2.45, 2.75) is 23.5 Å². The van der Waals surface area contributed by atoms with Crippen molar-refractivity contribution in [2.24, 2.45) is 0 Å². The van der Waals surface area contributed by atoms with E-state index in [1.165, 1.54) is 6.08 Å².